The van der Waals surface area contributed by atoms with Gasteiger partial charge in [-0.05, 0) is 29.6 Å². The molecule has 1 aromatic carbocycles. The molecule has 0 amide bonds. The van der Waals surface area contributed by atoms with Crippen molar-refractivity contribution in [2.45, 2.75) is 26.4 Å². The molecule has 0 saturated heterocycles. The van der Waals surface area contributed by atoms with Gasteiger partial charge in [-0.25, -0.2) is 4.39 Å². The smallest absolute Gasteiger partial charge is 0.407 e. The van der Waals surface area contributed by atoms with Crippen LogP contribution in [0.15, 0.2) is 18.2 Å². The van der Waals surface area contributed by atoms with Crippen LogP contribution in [0.3, 0.4) is 0 Å². The van der Waals surface area contributed by atoms with Crippen LogP contribution in [0.4, 0.5) is 4.39 Å². The molecule has 1 aliphatic rings. The van der Waals surface area contributed by atoms with E-state index in [9.17, 15) is 4.39 Å². The highest BCUT2D eigenvalue weighted by Gasteiger charge is 2.30. The summed E-state index contributed by atoms with van der Waals surface area (Å²) in [6.07, 6.45) is 2.12. The van der Waals surface area contributed by atoms with Crippen LogP contribution >= 0.6 is 0 Å². The lowest BCUT2D eigenvalue weighted by molar-refractivity contribution is 0.208. The van der Waals surface area contributed by atoms with Crippen molar-refractivity contribution in [3.8, 4) is 0 Å². The highest BCUT2D eigenvalue weighted by molar-refractivity contribution is 6.62. The minimum atomic E-state index is -0.299. The zero-order valence-electron chi connectivity index (χ0n) is 8.83. The van der Waals surface area contributed by atoms with E-state index in [1.54, 1.807) is 6.07 Å². The number of unbranched alkanes of at least 4 members (excludes halogenated alkanes) is 1. The Balaban J connectivity index is 2.02. The molecule has 0 atom stereocenters. The van der Waals surface area contributed by atoms with Gasteiger partial charge in [-0.15, -0.1) is 0 Å². The Morgan fingerprint density at radius 1 is 1.53 bits per heavy atom. The molecule has 0 fully saturated rings. The van der Waals surface area contributed by atoms with E-state index in [-0.39, 0.29) is 12.9 Å². The van der Waals surface area contributed by atoms with Gasteiger partial charge in [0.2, 0.25) is 0 Å². The van der Waals surface area contributed by atoms with Crippen molar-refractivity contribution in [1.82, 2.24) is 0 Å². The van der Waals surface area contributed by atoms with Crippen molar-refractivity contribution in [2.24, 2.45) is 0 Å². The summed E-state index contributed by atoms with van der Waals surface area (Å²) in [6.45, 7) is 3.25. The van der Waals surface area contributed by atoms with Gasteiger partial charge < -0.3 is 9.31 Å². The third-order valence-electron chi connectivity index (χ3n) is 2.52. The average molecular weight is 208 g/mol. The Morgan fingerprint density at radius 2 is 2.40 bits per heavy atom. The molecule has 80 valence electrons. The topological polar surface area (TPSA) is 18.5 Å². The maximum Gasteiger partial charge on any atom is 0.494 e. The number of benzene rings is 1. The molecule has 0 unspecified atom stereocenters. The molecule has 1 heterocycles. The molecule has 0 N–H and O–H groups in total. The maximum atomic E-state index is 12.9. The van der Waals surface area contributed by atoms with Crippen molar-refractivity contribution in [3.63, 3.8) is 0 Å². The first kappa shape index (κ1) is 10.6. The third kappa shape index (κ3) is 2.38. The van der Waals surface area contributed by atoms with Gasteiger partial charge in [-0.1, -0.05) is 19.4 Å². The van der Waals surface area contributed by atoms with Gasteiger partial charge in [0.25, 0.3) is 0 Å². The van der Waals surface area contributed by atoms with Crippen LogP contribution in [-0.2, 0) is 15.9 Å². The normalized spacial score (nSPS) is 14.4. The molecule has 2 rings (SSSR count). The fraction of sp³-hybridized carbons (Fsp3) is 0.455. The molecule has 0 bridgehead atoms. The third-order valence-corrected chi connectivity index (χ3v) is 2.52. The molecular formula is C11H14BFO2. The molecule has 15 heavy (non-hydrogen) atoms. The van der Waals surface area contributed by atoms with Gasteiger partial charge in [0.1, 0.15) is 5.82 Å². The highest BCUT2D eigenvalue weighted by Crippen LogP contribution is 2.13. The molecule has 0 aromatic heterocycles. The second-order valence-corrected chi connectivity index (χ2v) is 3.71. The van der Waals surface area contributed by atoms with E-state index in [1.807, 2.05) is 0 Å². The summed E-state index contributed by atoms with van der Waals surface area (Å²) in [7, 11) is -0.299. The first-order chi connectivity index (χ1) is 7.31. The Morgan fingerprint density at radius 3 is 3.20 bits per heavy atom. The molecule has 1 aliphatic heterocycles. The predicted octanol–water partition coefficient (Wildman–Crippen LogP) is 1.87. The number of hydrogen-bond acceptors (Lipinski definition) is 2. The van der Waals surface area contributed by atoms with E-state index in [2.05, 4.69) is 6.92 Å². The zero-order chi connectivity index (χ0) is 10.7. The van der Waals surface area contributed by atoms with E-state index in [1.165, 1.54) is 12.1 Å². The van der Waals surface area contributed by atoms with E-state index < -0.39 is 0 Å². The van der Waals surface area contributed by atoms with Crippen LogP contribution in [0.5, 0.6) is 0 Å². The average Bonchev–Trinajstić information content (AvgIpc) is 2.61. The summed E-state index contributed by atoms with van der Waals surface area (Å²) in [5.74, 6) is -0.216. The second kappa shape index (κ2) is 4.77. The minimum Gasteiger partial charge on any atom is -0.407 e. The first-order valence-electron chi connectivity index (χ1n) is 5.33. The predicted molar refractivity (Wildman–Crippen MR) is 57.4 cm³/mol. The lowest BCUT2D eigenvalue weighted by Crippen LogP contribution is -2.32. The number of fused-ring (bicyclic) bond motifs is 1. The SMILES string of the molecule is CCCCOB1OCc2cc(F)ccc21. The quantitative estimate of drug-likeness (QED) is 0.555. The van der Waals surface area contributed by atoms with Gasteiger partial charge in [0.05, 0.1) is 6.61 Å². The van der Waals surface area contributed by atoms with Crippen LogP contribution in [0.25, 0.3) is 0 Å². The van der Waals surface area contributed by atoms with Gasteiger partial charge in [0, 0.05) is 6.61 Å². The molecule has 0 spiro atoms. The van der Waals surface area contributed by atoms with Gasteiger partial charge in [-0.3, -0.25) is 0 Å². The van der Waals surface area contributed by atoms with Gasteiger partial charge >= 0.3 is 7.12 Å². The summed E-state index contributed by atoms with van der Waals surface area (Å²) in [6, 6.07) is 4.70. The van der Waals surface area contributed by atoms with Crippen molar-refractivity contribution in [2.75, 3.05) is 6.61 Å². The monoisotopic (exact) mass is 208 g/mol. The first-order valence-corrected chi connectivity index (χ1v) is 5.33. The van der Waals surface area contributed by atoms with Crippen molar-refractivity contribution >= 4 is 12.6 Å². The molecule has 4 heteroatoms. The van der Waals surface area contributed by atoms with Crippen molar-refractivity contribution in [1.29, 1.82) is 0 Å². The van der Waals surface area contributed by atoms with Gasteiger partial charge in [0.15, 0.2) is 0 Å². The van der Waals surface area contributed by atoms with Crippen LogP contribution in [0.1, 0.15) is 25.3 Å². The number of rotatable bonds is 4. The fourth-order valence-electron chi connectivity index (χ4n) is 1.66. The summed E-state index contributed by atoms with van der Waals surface area (Å²) >= 11 is 0. The molecular weight excluding hydrogens is 194 g/mol. The van der Waals surface area contributed by atoms with E-state index >= 15 is 0 Å². The Bertz CT molecular complexity index is 343. The van der Waals surface area contributed by atoms with Crippen molar-refractivity contribution < 1.29 is 13.7 Å². The van der Waals surface area contributed by atoms with E-state index in [4.69, 9.17) is 9.31 Å². The highest BCUT2D eigenvalue weighted by atomic mass is 19.1. The molecule has 0 aliphatic carbocycles. The maximum absolute atomic E-state index is 12.9. The number of halogens is 1. The lowest BCUT2D eigenvalue weighted by atomic mass is 9.79. The minimum absolute atomic E-state index is 0.216. The van der Waals surface area contributed by atoms with Gasteiger partial charge in [-0.2, -0.15) is 0 Å². The Labute approximate surface area is 89.5 Å². The molecule has 1 aromatic rings. The Kier molecular flexibility index (Phi) is 3.39. The zero-order valence-corrected chi connectivity index (χ0v) is 8.83. The fourth-order valence-corrected chi connectivity index (χ4v) is 1.66. The van der Waals surface area contributed by atoms with E-state index in [0.29, 0.717) is 13.2 Å². The second-order valence-electron chi connectivity index (χ2n) is 3.71. The van der Waals surface area contributed by atoms with E-state index in [0.717, 1.165) is 23.9 Å². The Hall–Kier alpha value is -0.865. The summed E-state index contributed by atoms with van der Waals surface area (Å²) in [5.41, 5.74) is 1.86. The molecule has 0 saturated carbocycles. The summed E-state index contributed by atoms with van der Waals surface area (Å²) in [4.78, 5) is 0. The molecule has 0 radical (unpaired) electrons. The standard InChI is InChI=1S/C11H14BFO2/c1-2-3-6-14-12-11-5-4-10(13)7-9(11)8-15-12/h4-5,7H,2-3,6,8H2,1H3. The molecule has 2 nitrogen and oxygen atoms in total. The van der Waals surface area contributed by atoms with Crippen LogP contribution in [0.2, 0.25) is 0 Å². The van der Waals surface area contributed by atoms with Crippen LogP contribution in [0, 0.1) is 5.82 Å². The van der Waals surface area contributed by atoms with Crippen LogP contribution in [-0.4, -0.2) is 13.7 Å². The summed E-state index contributed by atoms with van der Waals surface area (Å²) < 4.78 is 23.9. The largest absolute Gasteiger partial charge is 0.494 e. The van der Waals surface area contributed by atoms with Crippen LogP contribution < -0.4 is 5.46 Å². The lowest BCUT2D eigenvalue weighted by Gasteiger charge is -2.07. The van der Waals surface area contributed by atoms with Crippen molar-refractivity contribution in [3.05, 3.63) is 29.6 Å². The summed E-state index contributed by atoms with van der Waals surface area (Å²) in [5, 5.41) is 0. The number of hydrogen-bond donors (Lipinski definition) is 0.